The van der Waals surface area contributed by atoms with Gasteiger partial charge in [-0.05, 0) is 55.7 Å². The fourth-order valence-corrected chi connectivity index (χ4v) is 5.19. The molecule has 144 valence electrons. The number of halogens is 2. The van der Waals surface area contributed by atoms with Crippen molar-refractivity contribution in [2.45, 2.75) is 30.7 Å². The minimum Gasteiger partial charge on any atom is -0.348 e. The summed E-state index contributed by atoms with van der Waals surface area (Å²) in [6.07, 6.45) is 1.27. The first-order valence-electron chi connectivity index (χ1n) is 8.61. The van der Waals surface area contributed by atoms with Crippen LogP contribution in [0.1, 0.15) is 28.8 Å². The van der Waals surface area contributed by atoms with Crippen molar-refractivity contribution in [3.05, 3.63) is 64.4 Å². The molecule has 1 aliphatic rings. The number of piperidine rings is 1. The second kappa shape index (κ2) is 7.96. The maximum Gasteiger partial charge on any atom is 0.251 e. The Morgan fingerprint density at radius 3 is 2.74 bits per heavy atom. The molecule has 27 heavy (non-hydrogen) atoms. The summed E-state index contributed by atoms with van der Waals surface area (Å²) in [5.74, 6) is -0.912. The molecule has 1 amide bonds. The molecule has 1 aliphatic heterocycles. The van der Waals surface area contributed by atoms with Crippen LogP contribution < -0.4 is 5.32 Å². The van der Waals surface area contributed by atoms with Gasteiger partial charge in [0.25, 0.3) is 5.91 Å². The quantitative estimate of drug-likeness (QED) is 0.840. The van der Waals surface area contributed by atoms with Crippen molar-refractivity contribution in [1.82, 2.24) is 9.62 Å². The van der Waals surface area contributed by atoms with Crippen LogP contribution in [0.15, 0.2) is 47.4 Å². The highest BCUT2D eigenvalue weighted by molar-refractivity contribution is 7.89. The molecule has 0 unspecified atom stereocenters. The first kappa shape index (κ1) is 19.8. The number of hydrogen-bond acceptors (Lipinski definition) is 3. The zero-order chi connectivity index (χ0) is 19.6. The lowest BCUT2D eigenvalue weighted by molar-refractivity contribution is 0.0921. The number of rotatable bonds is 4. The minimum atomic E-state index is -3.72. The van der Waals surface area contributed by atoms with E-state index in [0.29, 0.717) is 30.0 Å². The molecule has 0 aromatic heterocycles. The molecule has 5 nitrogen and oxygen atoms in total. The topological polar surface area (TPSA) is 66.5 Å². The maximum absolute atomic E-state index is 13.3. The Morgan fingerprint density at radius 2 is 2.00 bits per heavy atom. The Balaban J connectivity index is 1.76. The van der Waals surface area contributed by atoms with E-state index in [2.05, 4.69) is 5.32 Å². The van der Waals surface area contributed by atoms with Gasteiger partial charge in [0.05, 0.1) is 4.90 Å². The van der Waals surface area contributed by atoms with Crippen molar-refractivity contribution < 1.29 is 17.6 Å². The van der Waals surface area contributed by atoms with Crippen LogP contribution >= 0.6 is 11.6 Å². The molecule has 1 N–H and O–H groups in total. The molecule has 0 saturated carbocycles. The standard InChI is InChI=1S/C19H20ClFN2O3S/c1-13-17(20)8-3-9-18(13)27(25,26)23-10-4-7-16(12-23)22-19(24)14-5-2-6-15(21)11-14/h2-3,5-6,8-9,11,16H,4,7,10,12H2,1H3,(H,22,24)/t16-/m0/s1. The molecule has 0 bridgehead atoms. The van der Waals surface area contributed by atoms with Crippen molar-refractivity contribution >= 4 is 27.5 Å². The van der Waals surface area contributed by atoms with Gasteiger partial charge in [0.15, 0.2) is 0 Å². The molecule has 1 atom stereocenters. The van der Waals surface area contributed by atoms with Crippen LogP contribution in [0.2, 0.25) is 5.02 Å². The Kier molecular flexibility index (Phi) is 5.83. The summed E-state index contributed by atoms with van der Waals surface area (Å²) < 4.78 is 40.7. The molecule has 3 rings (SSSR count). The van der Waals surface area contributed by atoms with E-state index in [1.54, 1.807) is 19.1 Å². The van der Waals surface area contributed by atoms with Gasteiger partial charge in [0.2, 0.25) is 10.0 Å². The highest BCUT2D eigenvalue weighted by Gasteiger charge is 2.32. The normalized spacial score (nSPS) is 18.3. The fourth-order valence-electron chi connectivity index (χ4n) is 3.18. The molecular weight excluding hydrogens is 391 g/mol. The first-order chi connectivity index (χ1) is 12.8. The second-order valence-corrected chi connectivity index (χ2v) is 8.86. The van der Waals surface area contributed by atoms with E-state index in [1.807, 2.05) is 0 Å². The molecule has 0 spiro atoms. The van der Waals surface area contributed by atoms with E-state index >= 15 is 0 Å². The van der Waals surface area contributed by atoms with Gasteiger partial charge in [-0.25, -0.2) is 12.8 Å². The van der Waals surface area contributed by atoms with E-state index < -0.39 is 21.7 Å². The number of nitrogens with zero attached hydrogens (tertiary/aromatic N) is 1. The second-order valence-electron chi connectivity index (χ2n) is 6.55. The number of carbonyl (C=O) groups excluding carboxylic acids is 1. The lowest BCUT2D eigenvalue weighted by Crippen LogP contribution is -2.49. The highest BCUT2D eigenvalue weighted by Crippen LogP contribution is 2.27. The molecule has 2 aromatic rings. The van der Waals surface area contributed by atoms with Gasteiger partial charge in [-0.1, -0.05) is 23.7 Å². The fraction of sp³-hybridized carbons (Fsp3) is 0.316. The van der Waals surface area contributed by atoms with Crippen LogP contribution in [0, 0.1) is 12.7 Å². The predicted octanol–water partition coefficient (Wildman–Crippen LogP) is 3.37. The van der Waals surface area contributed by atoms with Crippen molar-refractivity contribution in [2.75, 3.05) is 13.1 Å². The highest BCUT2D eigenvalue weighted by atomic mass is 35.5. The summed E-state index contributed by atoms with van der Waals surface area (Å²) >= 11 is 6.07. The molecule has 0 radical (unpaired) electrons. The van der Waals surface area contributed by atoms with Gasteiger partial charge in [-0.15, -0.1) is 0 Å². The summed E-state index contributed by atoms with van der Waals surface area (Å²) in [6, 6.07) is 9.84. The molecular formula is C19H20ClFN2O3S. The van der Waals surface area contributed by atoms with E-state index in [1.165, 1.54) is 28.6 Å². The van der Waals surface area contributed by atoms with Crippen LogP contribution in [0.3, 0.4) is 0 Å². The largest absolute Gasteiger partial charge is 0.348 e. The molecule has 1 fully saturated rings. The third-order valence-electron chi connectivity index (χ3n) is 4.64. The van der Waals surface area contributed by atoms with Crippen LogP contribution in [0.5, 0.6) is 0 Å². The minimum absolute atomic E-state index is 0.162. The van der Waals surface area contributed by atoms with Crippen molar-refractivity contribution in [3.8, 4) is 0 Å². The molecule has 1 heterocycles. The third kappa shape index (κ3) is 4.31. The predicted molar refractivity (Wildman–Crippen MR) is 102 cm³/mol. The number of amides is 1. The van der Waals surface area contributed by atoms with Crippen molar-refractivity contribution in [1.29, 1.82) is 0 Å². The van der Waals surface area contributed by atoms with E-state index in [0.717, 1.165) is 6.07 Å². The lowest BCUT2D eigenvalue weighted by atomic mass is 10.1. The van der Waals surface area contributed by atoms with Gasteiger partial charge >= 0.3 is 0 Å². The summed E-state index contributed by atoms with van der Waals surface area (Å²) in [7, 11) is -3.72. The lowest BCUT2D eigenvalue weighted by Gasteiger charge is -2.32. The molecule has 8 heteroatoms. The van der Waals surface area contributed by atoms with Gasteiger partial charge in [-0.2, -0.15) is 4.31 Å². The van der Waals surface area contributed by atoms with Gasteiger partial charge in [-0.3, -0.25) is 4.79 Å². The average molecular weight is 411 g/mol. The first-order valence-corrected chi connectivity index (χ1v) is 10.4. The zero-order valence-electron chi connectivity index (χ0n) is 14.8. The number of hydrogen-bond donors (Lipinski definition) is 1. The van der Waals surface area contributed by atoms with Gasteiger partial charge in [0.1, 0.15) is 5.82 Å². The summed E-state index contributed by atoms with van der Waals surface area (Å²) in [6.45, 7) is 2.21. The van der Waals surface area contributed by atoms with E-state index in [-0.39, 0.29) is 23.0 Å². The number of nitrogens with one attached hydrogen (secondary N) is 1. The molecule has 1 saturated heterocycles. The Morgan fingerprint density at radius 1 is 1.26 bits per heavy atom. The maximum atomic E-state index is 13.3. The van der Waals surface area contributed by atoms with Crippen LogP contribution in [-0.2, 0) is 10.0 Å². The molecule has 0 aliphatic carbocycles. The number of carbonyl (C=O) groups is 1. The van der Waals surface area contributed by atoms with Crippen LogP contribution in [0.4, 0.5) is 4.39 Å². The number of benzene rings is 2. The van der Waals surface area contributed by atoms with E-state index in [4.69, 9.17) is 11.6 Å². The van der Waals surface area contributed by atoms with E-state index in [9.17, 15) is 17.6 Å². The Labute approximate surface area is 163 Å². The average Bonchev–Trinajstić information content (AvgIpc) is 2.64. The SMILES string of the molecule is Cc1c(Cl)cccc1S(=O)(=O)N1CCC[C@H](NC(=O)c2cccc(F)c2)C1. The third-order valence-corrected chi connectivity index (χ3v) is 7.06. The Hall–Kier alpha value is -1.96. The van der Waals surface area contributed by atoms with Crippen molar-refractivity contribution in [2.24, 2.45) is 0 Å². The summed E-state index contributed by atoms with van der Waals surface area (Å²) in [4.78, 5) is 12.5. The number of sulfonamides is 1. The van der Waals surface area contributed by atoms with Crippen LogP contribution in [0.25, 0.3) is 0 Å². The van der Waals surface area contributed by atoms with Crippen molar-refractivity contribution in [3.63, 3.8) is 0 Å². The van der Waals surface area contributed by atoms with Crippen LogP contribution in [-0.4, -0.2) is 37.8 Å². The zero-order valence-corrected chi connectivity index (χ0v) is 16.4. The monoisotopic (exact) mass is 410 g/mol. The van der Waals surface area contributed by atoms with Gasteiger partial charge in [0, 0.05) is 29.7 Å². The smallest absolute Gasteiger partial charge is 0.251 e. The molecule has 2 aromatic carbocycles. The summed E-state index contributed by atoms with van der Waals surface area (Å²) in [5.41, 5.74) is 0.714. The van der Waals surface area contributed by atoms with Gasteiger partial charge < -0.3 is 5.32 Å². The summed E-state index contributed by atoms with van der Waals surface area (Å²) in [5, 5.41) is 3.20. The Bertz CT molecular complexity index is 965.